The molecule has 0 radical (unpaired) electrons. The molecule has 3 aromatic heterocycles. The molecule has 136 valence electrons. The van der Waals surface area contributed by atoms with Crippen LogP contribution in [0.1, 0.15) is 12.8 Å². The highest BCUT2D eigenvalue weighted by Gasteiger charge is 2.33. The van der Waals surface area contributed by atoms with Gasteiger partial charge in [-0.3, -0.25) is 0 Å². The van der Waals surface area contributed by atoms with Crippen LogP contribution in [0.25, 0.3) is 16.9 Å². The third-order valence-corrected chi connectivity index (χ3v) is 5.14. The van der Waals surface area contributed by atoms with Gasteiger partial charge in [-0.1, -0.05) is 0 Å². The molecule has 2 bridgehead atoms. The fourth-order valence-corrected chi connectivity index (χ4v) is 3.94. The zero-order valence-electron chi connectivity index (χ0n) is 14.5. The molecule has 8 heteroatoms. The van der Waals surface area contributed by atoms with Crippen molar-refractivity contribution in [1.82, 2.24) is 24.9 Å². The fourth-order valence-electron chi connectivity index (χ4n) is 3.94. The number of ether oxygens (including phenoxy) is 1. The third-order valence-electron chi connectivity index (χ3n) is 5.14. The quantitative estimate of drug-likeness (QED) is 0.760. The van der Waals surface area contributed by atoms with Crippen molar-refractivity contribution in [3.63, 3.8) is 0 Å². The second-order valence-electron chi connectivity index (χ2n) is 6.74. The molecule has 26 heavy (non-hydrogen) atoms. The summed E-state index contributed by atoms with van der Waals surface area (Å²) in [5, 5.41) is 8.12. The highest BCUT2D eigenvalue weighted by atomic mass is 35.5. The fraction of sp³-hybridized carbons (Fsp3) is 0.389. The Labute approximate surface area is 157 Å². The lowest BCUT2D eigenvalue weighted by atomic mass is 10.2. The average Bonchev–Trinajstić information content (AvgIpc) is 3.24. The van der Waals surface area contributed by atoms with Gasteiger partial charge in [0.2, 0.25) is 5.88 Å². The van der Waals surface area contributed by atoms with Gasteiger partial charge in [0.1, 0.15) is 0 Å². The number of hydrogen-bond donors (Lipinski definition) is 1. The molecule has 0 aromatic carbocycles. The molecule has 5 heterocycles. The number of piperazine rings is 1. The van der Waals surface area contributed by atoms with Crippen molar-refractivity contribution in [2.24, 2.45) is 0 Å². The number of pyridine rings is 1. The lowest BCUT2D eigenvalue weighted by molar-refractivity contribution is 0.398. The number of nitrogens with zero attached hydrogens (tertiary/aromatic N) is 5. The van der Waals surface area contributed by atoms with Crippen molar-refractivity contribution in [2.75, 3.05) is 25.1 Å². The maximum absolute atomic E-state index is 5.22. The van der Waals surface area contributed by atoms with E-state index in [4.69, 9.17) is 9.72 Å². The average molecular weight is 373 g/mol. The Morgan fingerprint density at radius 1 is 1.15 bits per heavy atom. The van der Waals surface area contributed by atoms with Crippen LogP contribution in [0, 0.1) is 0 Å². The predicted molar refractivity (Wildman–Crippen MR) is 102 cm³/mol. The Hall–Kier alpha value is -2.38. The Morgan fingerprint density at radius 2 is 1.96 bits per heavy atom. The van der Waals surface area contributed by atoms with E-state index in [9.17, 15) is 0 Å². The van der Waals surface area contributed by atoms with E-state index in [2.05, 4.69) is 26.4 Å². The predicted octanol–water partition coefficient (Wildman–Crippen LogP) is 2.16. The molecule has 3 aromatic rings. The largest absolute Gasteiger partial charge is 0.481 e. The molecule has 1 N–H and O–H groups in total. The van der Waals surface area contributed by atoms with Crippen molar-refractivity contribution in [2.45, 2.75) is 24.9 Å². The summed E-state index contributed by atoms with van der Waals surface area (Å²) < 4.78 is 7.09. The molecule has 2 aliphatic heterocycles. The molecule has 2 aliphatic rings. The summed E-state index contributed by atoms with van der Waals surface area (Å²) in [5.41, 5.74) is 3.90. The van der Waals surface area contributed by atoms with Crippen LogP contribution in [0.2, 0.25) is 0 Å². The van der Waals surface area contributed by atoms with Crippen molar-refractivity contribution in [3.05, 3.63) is 36.8 Å². The molecule has 2 fully saturated rings. The van der Waals surface area contributed by atoms with E-state index in [-0.39, 0.29) is 12.4 Å². The topological polar surface area (TPSA) is 67.6 Å². The Morgan fingerprint density at radius 3 is 2.73 bits per heavy atom. The van der Waals surface area contributed by atoms with Gasteiger partial charge in [-0.2, -0.15) is 5.10 Å². The molecule has 7 nitrogen and oxygen atoms in total. The van der Waals surface area contributed by atoms with Gasteiger partial charge in [0.25, 0.3) is 0 Å². The number of methoxy groups -OCH3 is 1. The number of aromatic nitrogens is 4. The van der Waals surface area contributed by atoms with Gasteiger partial charge in [0, 0.05) is 43.0 Å². The van der Waals surface area contributed by atoms with E-state index in [1.807, 2.05) is 29.0 Å². The van der Waals surface area contributed by atoms with Gasteiger partial charge in [-0.25, -0.2) is 14.5 Å². The van der Waals surface area contributed by atoms with Crippen LogP contribution in [0.5, 0.6) is 5.88 Å². The maximum atomic E-state index is 5.22. The number of rotatable bonds is 3. The van der Waals surface area contributed by atoms with E-state index in [1.165, 1.54) is 12.8 Å². The second kappa shape index (κ2) is 6.74. The summed E-state index contributed by atoms with van der Waals surface area (Å²) in [5.74, 6) is 0.585. The molecule has 2 atom stereocenters. The normalized spacial score (nSPS) is 21.7. The van der Waals surface area contributed by atoms with Crippen LogP contribution >= 0.6 is 12.4 Å². The lowest BCUT2D eigenvalue weighted by Gasteiger charge is -2.34. The monoisotopic (exact) mass is 372 g/mol. The van der Waals surface area contributed by atoms with Gasteiger partial charge in [0.05, 0.1) is 30.9 Å². The van der Waals surface area contributed by atoms with Gasteiger partial charge in [-0.05, 0) is 25.0 Å². The smallest absolute Gasteiger partial charge is 0.213 e. The first-order valence-electron chi connectivity index (χ1n) is 8.66. The molecular weight excluding hydrogens is 352 g/mol. The molecule has 2 unspecified atom stereocenters. The van der Waals surface area contributed by atoms with Crippen LogP contribution in [-0.4, -0.2) is 51.9 Å². The molecule has 0 saturated carbocycles. The van der Waals surface area contributed by atoms with Crippen LogP contribution in [-0.2, 0) is 0 Å². The summed E-state index contributed by atoms with van der Waals surface area (Å²) in [6, 6.07) is 7.09. The lowest BCUT2D eigenvalue weighted by Crippen LogP contribution is -2.51. The highest BCUT2D eigenvalue weighted by molar-refractivity contribution is 5.85. The number of hydrogen-bond acceptors (Lipinski definition) is 6. The second-order valence-corrected chi connectivity index (χ2v) is 6.74. The number of imidazole rings is 1. The summed E-state index contributed by atoms with van der Waals surface area (Å²) in [7, 11) is 1.62. The van der Waals surface area contributed by atoms with Gasteiger partial charge < -0.3 is 15.0 Å². The van der Waals surface area contributed by atoms with Gasteiger partial charge in [-0.15, -0.1) is 12.4 Å². The van der Waals surface area contributed by atoms with Crippen LogP contribution < -0.4 is 15.0 Å². The minimum atomic E-state index is 0. The molecule has 0 aliphatic carbocycles. The minimum Gasteiger partial charge on any atom is -0.481 e. The number of halogens is 1. The van der Waals surface area contributed by atoms with Gasteiger partial charge in [0.15, 0.2) is 5.65 Å². The molecule has 5 rings (SSSR count). The van der Waals surface area contributed by atoms with E-state index in [0.29, 0.717) is 18.0 Å². The van der Waals surface area contributed by atoms with E-state index in [1.54, 1.807) is 13.3 Å². The maximum Gasteiger partial charge on any atom is 0.213 e. The van der Waals surface area contributed by atoms with Crippen molar-refractivity contribution >= 4 is 23.7 Å². The molecule has 0 amide bonds. The van der Waals surface area contributed by atoms with Crippen molar-refractivity contribution < 1.29 is 4.74 Å². The van der Waals surface area contributed by atoms with E-state index < -0.39 is 0 Å². The highest BCUT2D eigenvalue weighted by Crippen LogP contribution is 2.29. The van der Waals surface area contributed by atoms with Crippen LogP contribution in [0.3, 0.4) is 0 Å². The standard InChI is InChI=1S/C18H20N6O.ClH/c1-25-17-8-12(4-6-19-17)15-11-24-18(22-15)16(5-7-20-24)23-9-13-2-3-14(10-23)21-13;/h4-8,11,13-14,21H,2-3,9-10H2,1H3;1H. The summed E-state index contributed by atoms with van der Waals surface area (Å²) in [4.78, 5) is 11.5. The van der Waals surface area contributed by atoms with E-state index >= 15 is 0 Å². The van der Waals surface area contributed by atoms with Crippen LogP contribution in [0.4, 0.5) is 5.69 Å². The van der Waals surface area contributed by atoms with E-state index in [0.717, 1.165) is 35.7 Å². The summed E-state index contributed by atoms with van der Waals surface area (Å²) in [6.07, 6.45) is 8.08. The zero-order valence-corrected chi connectivity index (χ0v) is 15.3. The zero-order chi connectivity index (χ0) is 16.8. The summed E-state index contributed by atoms with van der Waals surface area (Å²) >= 11 is 0. The molecular formula is C18H21ClN6O. The van der Waals surface area contributed by atoms with Crippen molar-refractivity contribution in [3.8, 4) is 17.1 Å². The molecule has 2 saturated heterocycles. The first-order valence-corrected chi connectivity index (χ1v) is 8.66. The Balaban J connectivity index is 0.00000168. The first kappa shape index (κ1) is 17.1. The summed E-state index contributed by atoms with van der Waals surface area (Å²) in [6.45, 7) is 2.06. The Kier molecular flexibility index (Phi) is 4.42. The van der Waals surface area contributed by atoms with Crippen molar-refractivity contribution in [1.29, 1.82) is 0 Å². The minimum absolute atomic E-state index is 0. The van der Waals surface area contributed by atoms with Crippen LogP contribution in [0.15, 0.2) is 36.8 Å². The Bertz CT molecular complexity index is 917. The third kappa shape index (κ3) is 2.87. The number of fused-ring (bicyclic) bond motifs is 3. The SMILES string of the molecule is COc1cc(-c2cn3nccc(N4CC5CCC(C4)N5)c3n2)ccn1.Cl. The number of anilines is 1. The number of nitrogens with one attached hydrogen (secondary N) is 1. The first-order chi connectivity index (χ1) is 12.3. The molecule has 0 spiro atoms. The van der Waals surface area contributed by atoms with Gasteiger partial charge >= 0.3 is 0 Å².